The number of carbonyl (C=O) groups is 1. The van der Waals surface area contributed by atoms with Gasteiger partial charge in [-0.3, -0.25) is 4.79 Å². The Hall–Kier alpha value is -1.90. The van der Waals surface area contributed by atoms with Gasteiger partial charge in [0.2, 0.25) is 5.91 Å². The smallest absolute Gasteiger partial charge is 0.252 e. The molecule has 1 aromatic heterocycles. The van der Waals surface area contributed by atoms with Crippen molar-refractivity contribution in [1.82, 2.24) is 9.21 Å². The van der Waals surface area contributed by atoms with Crippen LogP contribution in [-0.4, -0.2) is 56.8 Å². The summed E-state index contributed by atoms with van der Waals surface area (Å²) >= 11 is 1.28. The van der Waals surface area contributed by atoms with Gasteiger partial charge in [-0.05, 0) is 36.8 Å². The predicted octanol–water partition coefficient (Wildman–Crippen LogP) is 2.14. The highest BCUT2D eigenvalue weighted by atomic mass is 32.2. The van der Waals surface area contributed by atoms with Crippen LogP contribution >= 0.6 is 11.3 Å². The molecule has 0 aliphatic carbocycles. The standard InChI is InChI=1S/C18H22N2O4S2/c1-14-3-8-18(25-14)26(22,23)20-11-9-19(10-12-20)17(21)13-15-4-6-16(24-2)7-5-15/h3-8H,9-13H2,1-2H3. The third-order valence-corrected chi connectivity index (χ3v) is 7.78. The molecule has 0 radical (unpaired) electrons. The van der Waals surface area contributed by atoms with Crippen molar-refractivity contribution in [2.75, 3.05) is 33.3 Å². The fraction of sp³-hybridized carbons (Fsp3) is 0.389. The molecule has 1 fully saturated rings. The van der Waals surface area contributed by atoms with E-state index in [2.05, 4.69) is 0 Å². The lowest BCUT2D eigenvalue weighted by molar-refractivity contribution is -0.131. The minimum atomic E-state index is -3.46. The Kier molecular flexibility index (Phi) is 5.64. The molecule has 0 N–H and O–H groups in total. The van der Waals surface area contributed by atoms with E-state index in [0.717, 1.165) is 16.2 Å². The summed E-state index contributed by atoms with van der Waals surface area (Å²) in [6.07, 6.45) is 0.306. The number of hydrogen-bond acceptors (Lipinski definition) is 5. The summed E-state index contributed by atoms with van der Waals surface area (Å²) in [7, 11) is -1.85. The van der Waals surface area contributed by atoms with Gasteiger partial charge in [0.05, 0.1) is 13.5 Å². The Bertz CT molecular complexity index is 867. The quantitative estimate of drug-likeness (QED) is 0.779. The Morgan fingerprint density at radius 3 is 2.27 bits per heavy atom. The first-order chi connectivity index (χ1) is 12.4. The van der Waals surface area contributed by atoms with E-state index in [1.54, 1.807) is 18.1 Å². The molecule has 2 aromatic rings. The van der Waals surface area contributed by atoms with E-state index in [9.17, 15) is 13.2 Å². The van der Waals surface area contributed by atoms with Gasteiger partial charge in [0, 0.05) is 31.1 Å². The van der Waals surface area contributed by atoms with E-state index in [1.165, 1.54) is 15.6 Å². The molecule has 0 unspecified atom stereocenters. The van der Waals surface area contributed by atoms with E-state index >= 15 is 0 Å². The number of thiophene rings is 1. The summed E-state index contributed by atoms with van der Waals surface area (Å²) in [6, 6.07) is 10.9. The van der Waals surface area contributed by atoms with E-state index in [4.69, 9.17) is 4.74 Å². The lowest BCUT2D eigenvalue weighted by atomic mass is 10.1. The number of piperazine rings is 1. The van der Waals surface area contributed by atoms with E-state index in [1.807, 2.05) is 37.3 Å². The number of rotatable bonds is 5. The topological polar surface area (TPSA) is 66.9 Å². The first-order valence-electron chi connectivity index (χ1n) is 8.37. The van der Waals surface area contributed by atoms with Crippen LogP contribution in [-0.2, 0) is 21.2 Å². The molecule has 2 heterocycles. The molecule has 0 atom stereocenters. The first-order valence-corrected chi connectivity index (χ1v) is 10.6. The van der Waals surface area contributed by atoms with Crippen LogP contribution in [0.25, 0.3) is 0 Å². The van der Waals surface area contributed by atoms with Crippen LogP contribution in [0.1, 0.15) is 10.4 Å². The van der Waals surface area contributed by atoms with Crippen LogP contribution in [0.15, 0.2) is 40.6 Å². The summed E-state index contributed by atoms with van der Waals surface area (Å²) in [4.78, 5) is 15.2. The molecule has 0 bridgehead atoms. The molecule has 1 aromatic carbocycles. The second-order valence-corrected chi connectivity index (χ2v) is 9.63. The molecule has 1 aliphatic rings. The van der Waals surface area contributed by atoms with Crippen molar-refractivity contribution in [3.63, 3.8) is 0 Å². The Balaban J connectivity index is 1.58. The molecule has 6 nitrogen and oxygen atoms in total. The van der Waals surface area contributed by atoms with Gasteiger partial charge >= 0.3 is 0 Å². The van der Waals surface area contributed by atoms with Gasteiger partial charge in [0.25, 0.3) is 10.0 Å². The maximum atomic E-state index is 12.6. The zero-order valence-corrected chi connectivity index (χ0v) is 16.5. The number of aryl methyl sites for hydroxylation is 1. The second-order valence-electron chi connectivity index (χ2n) is 6.17. The third kappa shape index (κ3) is 4.08. The SMILES string of the molecule is COc1ccc(CC(=O)N2CCN(S(=O)(=O)c3ccc(C)s3)CC2)cc1. The second kappa shape index (κ2) is 7.77. The monoisotopic (exact) mass is 394 g/mol. The molecule has 0 saturated carbocycles. The average Bonchev–Trinajstić information content (AvgIpc) is 3.10. The van der Waals surface area contributed by atoms with E-state index in [-0.39, 0.29) is 5.91 Å². The van der Waals surface area contributed by atoms with Gasteiger partial charge in [-0.2, -0.15) is 4.31 Å². The summed E-state index contributed by atoms with van der Waals surface area (Å²) in [5, 5.41) is 0. The third-order valence-electron chi connectivity index (χ3n) is 4.42. The molecule has 3 rings (SSSR count). The normalized spacial score (nSPS) is 15.8. The molecular formula is C18H22N2O4S2. The number of methoxy groups -OCH3 is 1. The fourth-order valence-electron chi connectivity index (χ4n) is 2.89. The minimum Gasteiger partial charge on any atom is -0.497 e. The maximum absolute atomic E-state index is 12.6. The summed E-state index contributed by atoms with van der Waals surface area (Å²) in [5.74, 6) is 0.767. The van der Waals surface area contributed by atoms with Crippen LogP contribution in [0.4, 0.5) is 0 Å². The first kappa shape index (κ1) is 18.9. The van der Waals surface area contributed by atoms with Crippen LogP contribution in [0, 0.1) is 6.92 Å². The van der Waals surface area contributed by atoms with Crippen molar-refractivity contribution in [3.8, 4) is 5.75 Å². The van der Waals surface area contributed by atoms with Crippen LogP contribution < -0.4 is 4.74 Å². The fourth-order valence-corrected chi connectivity index (χ4v) is 5.75. The van der Waals surface area contributed by atoms with Crippen LogP contribution in [0.5, 0.6) is 5.75 Å². The number of sulfonamides is 1. The van der Waals surface area contributed by atoms with Crippen LogP contribution in [0.2, 0.25) is 0 Å². The largest absolute Gasteiger partial charge is 0.497 e. The van der Waals surface area contributed by atoms with Gasteiger partial charge in [-0.15, -0.1) is 11.3 Å². The molecule has 140 valence electrons. The number of nitrogens with zero attached hydrogens (tertiary/aromatic N) is 2. The summed E-state index contributed by atoms with van der Waals surface area (Å²) in [6.45, 7) is 3.37. The Labute approximate surface area is 158 Å². The summed E-state index contributed by atoms with van der Waals surface area (Å²) in [5.41, 5.74) is 0.917. The Morgan fingerprint density at radius 2 is 1.73 bits per heavy atom. The highest BCUT2D eigenvalue weighted by molar-refractivity contribution is 7.91. The van der Waals surface area contributed by atoms with Gasteiger partial charge in [0.15, 0.2) is 0 Å². The lowest BCUT2D eigenvalue weighted by Crippen LogP contribution is -2.50. The number of carbonyl (C=O) groups excluding carboxylic acids is 1. The van der Waals surface area contributed by atoms with Crippen molar-refractivity contribution in [2.24, 2.45) is 0 Å². The van der Waals surface area contributed by atoms with E-state index in [0.29, 0.717) is 36.8 Å². The number of hydrogen-bond donors (Lipinski definition) is 0. The predicted molar refractivity (Wildman–Crippen MR) is 101 cm³/mol. The zero-order valence-electron chi connectivity index (χ0n) is 14.8. The van der Waals surface area contributed by atoms with Crippen molar-refractivity contribution < 1.29 is 17.9 Å². The van der Waals surface area contributed by atoms with Gasteiger partial charge in [-0.1, -0.05) is 12.1 Å². The lowest BCUT2D eigenvalue weighted by Gasteiger charge is -2.33. The van der Waals surface area contributed by atoms with Crippen molar-refractivity contribution >= 4 is 27.3 Å². The van der Waals surface area contributed by atoms with Crippen molar-refractivity contribution in [1.29, 1.82) is 0 Å². The highest BCUT2D eigenvalue weighted by Gasteiger charge is 2.30. The Morgan fingerprint density at radius 1 is 1.08 bits per heavy atom. The maximum Gasteiger partial charge on any atom is 0.252 e. The summed E-state index contributed by atoms with van der Waals surface area (Å²) < 4.78 is 32.3. The van der Waals surface area contributed by atoms with Gasteiger partial charge < -0.3 is 9.64 Å². The molecule has 8 heteroatoms. The van der Waals surface area contributed by atoms with Crippen molar-refractivity contribution in [2.45, 2.75) is 17.6 Å². The average molecular weight is 395 g/mol. The van der Waals surface area contributed by atoms with E-state index < -0.39 is 10.0 Å². The zero-order chi connectivity index (χ0) is 18.7. The molecular weight excluding hydrogens is 372 g/mol. The van der Waals surface area contributed by atoms with Crippen molar-refractivity contribution in [3.05, 3.63) is 46.8 Å². The number of amides is 1. The highest BCUT2D eigenvalue weighted by Crippen LogP contribution is 2.25. The van der Waals surface area contributed by atoms with Crippen LogP contribution in [0.3, 0.4) is 0 Å². The number of ether oxygens (including phenoxy) is 1. The minimum absolute atomic E-state index is 0.0131. The molecule has 1 amide bonds. The molecule has 1 aliphatic heterocycles. The van der Waals surface area contributed by atoms with Gasteiger partial charge in [0.1, 0.15) is 9.96 Å². The number of benzene rings is 1. The van der Waals surface area contributed by atoms with Gasteiger partial charge in [-0.25, -0.2) is 8.42 Å². The molecule has 1 saturated heterocycles. The molecule has 26 heavy (non-hydrogen) atoms. The molecule has 0 spiro atoms.